The van der Waals surface area contributed by atoms with E-state index in [1.165, 1.54) is 68.4 Å². The molecule has 158 valence electrons. The second-order valence-corrected chi connectivity index (χ2v) is 10.8. The Hall–Kier alpha value is -2.38. The standard InChI is InChI=1S/C23H26N2O4S/c26-22-6-1-19(23-11-15-7-16(12-23)9-17(8-15)13-23)10-18(22)14-24-25-20-2-4-21(5-3-20)30(27,28)29/h1-6,10,14-17,25-26H,7-9,11-13H2,(H,27,28,29)/b24-14+. The SMILES string of the molecule is O=S(=O)(O)c1ccc(N/N=C/c2cc(C34CC5CC(CC(C5)C3)C4)ccc2O)cc1. The average molecular weight is 427 g/mol. The lowest BCUT2D eigenvalue weighted by Crippen LogP contribution is -2.48. The van der Waals surface area contributed by atoms with Crippen LogP contribution in [-0.2, 0) is 15.5 Å². The summed E-state index contributed by atoms with van der Waals surface area (Å²) in [7, 11) is -4.21. The van der Waals surface area contributed by atoms with E-state index in [2.05, 4.69) is 22.7 Å². The Morgan fingerprint density at radius 3 is 2.13 bits per heavy atom. The molecule has 4 aliphatic carbocycles. The zero-order chi connectivity index (χ0) is 20.9. The number of nitrogens with zero attached hydrogens (tertiary/aromatic N) is 1. The van der Waals surface area contributed by atoms with Gasteiger partial charge in [-0.05, 0) is 104 Å². The van der Waals surface area contributed by atoms with Crippen molar-refractivity contribution in [2.75, 3.05) is 5.43 Å². The van der Waals surface area contributed by atoms with E-state index in [4.69, 9.17) is 4.55 Å². The zero-order valence-corrected chi connectivity index (χ0v) is 17.5. The molecule has 3 N–H and O–H groups in total. The number of benzene rings is 2. The van der Waals surface area contributed by atoms with E-state index in [9.17, 15) is 13.5 Å². The molecule has 4 saturated carbocycles. The maximum absolute atomic E-state index is 11.1. The number of nitrogens with one attached hydrogen (secondary N) is 1. The van der Waals surface area contributed by atoms with Crippen molar-refractivity contribution in [3.8, 4) is 5.75 Å². The minimum absolute atomic E-state index is 0.169. The van der Waals surface area contributed by atoms with Crippen LogP contribution in [-0.4, -0.2) is 24.3 Å². The zero-order valence-electron chi connectivity index (χ0n) is 16.7. The molecule has 7 heteroatoms. The number of aromatic hydroxyl groups is 1. The highest BCUT2D eigenvalue weighted by Gasteiger charge is 2.51. The van der Waals surface area contributed by atoms with Gasteiger partial charge in [-0.2, -0.15) is 13.5 Å². The van der Waals surface area contributed by atoms with Crippen LogP contribution in [0.5, 0.6) is 5.75 Å². The first-order valence-corrected chi connectivity index (χ1v) is 11.9. The first kappa shape index (κ1) is 19.6. The van der Waals surface area contributed by atoms with Crippen LogP contribution in [0.25, 0.3) is 0 Å². The summed E-state index contributed by atoms with van der Waals surface area (Å²) in [5, 5.41) is 14.5. The van der Waals surface area contributed by atoms with Crippen molar-refractivity contribution in [1.29, 1.82) is 0 Å². The smallest absolute Gasteiger partial charge is 0.294 e. The highest BCUT2D eigenvalue weighted by atomic mass is 32.2. The molecule has 4 fully saturated rings. The van der Waals surface area contributed by atoms with Crippen molar-refractivity contribution in [3.63, 3.8) is 0 Å². The largest absolute Gasteiger partial charge is 0.507 e. The lowest BCUT2D eigenvalue weighted by atomic mass is 9.48. The van der Waals surface area contributed by atoms with Crippen molar-refractivity contribution in [2.45, 2.75) is 48.8 Å². The van der Waals surface area contributed by atoms with Crippen molar-refractivity contribution >= 4 is 22.0 Å². The fourth-order valence-electron chi connectivity index (χ4n) is 6.33. The molecule has 0 aromatic heterocycles. The molecule has 2 aromatic carbocycles. The number of hydrogen-bond acceptors (Lipinski definition) is 5. The van der Waals surface area contributed by atoms with Crippen LogP contribution in [0.2, 0.25) is 0 Å². The summed E-state index contributed by atoms with van der Waals surface area (Å²) >= 11 is 0. The summed E-state index contributed by atoms with van der Waals surface area (Å²) in [5.41, 5.74) is 5.66. The van der Waals surface area contributed by atoms with Crippen LogP contribution in [0.4, 0.5) is 5.69 Å². The lowest BCUT2D eigenvalue weighted by Gasteiger charge is -2.57. The molecule has 0 saturated heterocycles. The second-order valence-electron chi connectivity index (χ2n) is 9.34. The van der Waals surface area contributed by atoms with Crippen molar-refractivity contribution in [3.05, 3.63) is 53.6 Å². The first-order chi connectivity index (χ1) is 14.3. The van der Waals surface area contributed by atoms with Crippen LogP contribution in [0, 0.1) is 17.8 Å². The Bertz CT molecular complexity index is 1060. The van der Waals surface area contributed by atoms with E-state index in [0.29, 0.717) is 11.3 Å². The van der Waals surface area contributed by atoms with Crippen LogP contribution in [0.3, 0.4) is 0 Å². The number of phenolic OH excluding ortho intramolecular Hbond substituents is 1. The van der Waals surface area contributed by atoms with Crippen molar-refractivity contribution < 1.29 is 18.1 Å². The summed E-state index contributed by atoms with van der Waals surface area (Å²) in [6.45, 7) is 0. The molecule has 4 aliphatic rings. The summed E-state index contributed by atoms with van der Waals surface area (Å²) in [6.07, 6.45) is 9.57. The molecule has 4 bridgehead atoms. The van der Waals surface area contributed by atoms with Crippen LogP contribution >= 0.6 is 0 Å². The molecule has 0 radical (unpaired) electrons. The molecular formula is C23H26N2O4S. The highest BCUT2D eigenvalue weighted by Crippen LogP contribution is 2.60. The Morgan fingerprint density at radius 1 is 0.967 bits per heavy atom. The molecule has 0 amide bonds. The van der Waals surface area contributed by atoms with E-state index in [1.807, 2.05) is 0 Å². The van der Waals surface area contributed by atoms with E-state index in [0.717, 1.165) is 17.8 Å². The van der Waals surface area contributed by atoms with Crippen LogP contribution in [0.15, 0.2) is 52.5 Å². The summed E-state index contributed by atoms with van der Waals surface area (Å²) in [5.74, 6) is 2.76. The van der Waals surface area contributed by atoms with Gasteiger partial charge in [0.05, 0.1) is 16.8 Å². The highest BCUT2D eigenvalue weighted by molar-refractivity contribution is 7.85. The van der Waals surface area contributed by atoms with Gasteiger partial charge >= 0.3 is 0 Å². The third-order valence-corrected chi connectivity index (χ3v) is 8.10. The van der Waals surface area contributed by atoms with Gasteiger partial charge in [0.15, 0.2) is 0 Å². The van der Waals surface area contributed by atoms with Gasteiger partial charge < -0.3 is 5.11 Å². The third kappa shape index (κ3) is 3.61. The van der Waals surface area contributed by atoms with Crippen molar-refractivity contribution in [2.24, 2.45) is 22.9 Å². The number of rotatable bonds is 5. The fourth-order valence-corrected chi connectivity index (χ4v) is 6.81. The normalized spacial score (nSPS) is 30.1. The maximum atomic E-state index is 11.1. The first-order valence-electron chi connectivity index (χ1n) is 10.5. The molecule has 0 spiro atoms. The molecule has 6 rings (SSSR count). The quantitative estimate of drug-likeness (QED) is 0.370. The second kappa shape index (κ2) is 7.10. The average Bonchev–Trinajstić information content (AvgIpc) is 2.68. The number of hydrazone groups is 1. The molecule has 30 heavy (non-hydrogen) atoms. The van der Waals surface area contributed by atoms with Gasteiger partial charge in [-0.3, -0.25) is 9.98 Å². The predicted molar refractivity (Wildman–Crippen MR) is 115 cm³/mol. The van der Waals surface area contributed by atoms with E-state index >= 15 is 0 Å². The summed E-state index contributed by atoms with van der Waals surface area (Å²) in [6, 6.07) is 11.6. The topological polar surface area (TPSA) is 99.0 Å². The number of hydrogen-bond donors (Lipinski definition) is 3. The monoisotopic (exact) mass is 426 g/mol. The van der Waals surface area contributed by atoms with Gasteiger partial charge in [0.2, 0.25) is 0 Å². The van der Waals surface area contributed by atoms with Gasteiger partial charge in [0.25, 0.3) is 10.1 Å². The minimum atomic E-state index is -4.21. The van der Waals surface area contributed by atoms with E-state index < -0.39 is 10.1 Å². The van der Waals surface area contributed by atoms with Gasteiger partial charge in [-0.1, -0.05) is 6.07 Å². The molecular weight excluding hydrogens is 400 g/mol. The Labute approximate surface area is 176 Å². The Kier molecular flexibility index (Phi) is 4.63. The van der Waals surface area contributed by atoms with Crippen molar-refractivity contribution in [1.82, 2.24) is 0 Å². The van der Waals surface area contributed by atoms with Gasteiger partial charge in [0.1, 0.15) is 5.75 Å². The van der Waals surface area contributed by atoms with Gasteiger partial charge in [-0.15, -0.1) is 0 Å². The Balaban J connectivity index is 1.34. The van der Waals surface area contributed by atoms with E-state index in [-0.39, 0.29) is 16.1 Å². The maximum Gasteiger partial charge on any atom is 0.294 e. The summed E-state index contributed by atoms with van der Waals surface area (Å²) < 4.78 is 31.3. The number of anilines is 1. The minimum Gasteiger partial charge on any atom is -0.507 e. The lowest BCUT2D eigenvalue weighted by molar-refractivity contribution is -0.00520. The van der Waals surface area contributed by atoms with Crippen LogP contribution in [0.1, 0.15) is 49.7 Å². The third-order valence-electron chi connectivity index (χ3n) is 7.23. The predicted octanol–water partition coefficient (Wildman–Crippen LogP) is 4.55. The molecule has 0 unspecified atom stereocenters. The van der Waals surface area contributed by atoms with E-state index in [1.54, 1.807) is 12.3 Å². The number of phenols is 1. The van der Waals surface area contributed by atoms with Gasteiger partial charge in [0, 0.05) is 5.56 Å². The fraction of sp³-hybridized carbons (Fsp3) is 0.435. The Morgan fingerprint density at radius 2 is 1.57 bits per heavy atom. The molecule has 0 atom stereocenters. The molecule has 0 heterocycles. The van der Waals surface area contributed by atoms with Crippen LogP contribution < -0.4 is 5.43 Å². The molecule has 2 aromatic rings. The summed E-state index contributed by atoms with van der Waals surface area (Å²) in [4.78, 5) is -0.169. The molecule has 6 nitrogen and oxygen atoms in total. The van der Waals surface area contributed by atoms with Gasteiger partial charge in [-0.25, -0.2) is 0 Å². The molecule has 0 aliphatic heterocycles.